The minimum atomic E-state index is -3.66. The summed E-state index contributed by atoms with van der Waals surface area (Å²) in [6, 6.07) is 14.0. The van der Waals surface area contributed by atoms with E-state index in [4.69, 9.17) is 0 Å². The van der Waals surface area contributed by atoms with Crippen LogP contribution in [0, 0.1) is 5.82 Å². The average molecular weight is 307 g/mol. The molecule has 0 saturated carbocycles. The van der Waals surface area contributed by atoms with Gasteiger partial charge in [0.2, 0.25) is 10.0 Å². The number of nitrogens with one attached hydrogen (secondary N) is 1. The molecule has 0 aromatic heterocycles. The Bertz CT molecular complexity index is 669. The molecule has 0 aliphatic heterocycles. The molecule has 1 N–H and O–H groups in total. The van der Waals surface area contributed by atoms with Crippen molar-refractivity contribution >= 4 is 10.0 Å². The molecule has 1 atom stereocenters. The molecule has 0 saturated heterocycles. The van der Waals surface area contributed by atoms with Gasteiger partial charge < -0.3 is 0 Å². The molecule has 2 aromatic rings. The summed E-state index contributed by atoms with van der Waals surface area (Å²) in [7, 11) is -3.66. The lowest BCUT2D eigenvalue weighted by Crippen LogP contribution is -2.28. The Balaban J connectivity index is 2.25. The van der Waals surface area contributed by atoms with E-state index >= 15 is 0 Å². The van der Waals surface area contributed by atoms with Gasteiger partial charge in [0, 0.05) is 6.04 Å². The first-order chi connectivity index (χ1) is 10.0. The van der Waals surface area contributed by atoms with Crippen molar-refractivity contribution in [1.29, 1.82) is 0 Å². The van der Waals surface area contributed by atoms with Crippen molar-refractivity contribution in [2.75, 3.05) is 0 Å². The second-order valence-corrected chi connectivity index (χ2v) is 6.54. The van der Waals surface area contributed by atoms with Gasteiger partial charge in [-0.2, -0.15) is 0 Å². The fourth-order valence-electron chi connectivity index (χ4n) is 2.14. The second-order valence-electron chi connectivity index (χ2n) is 4.83. The summed E-state index contributed by atoms with van der Waals surface area (Å²) in [4.78, 5) is 0.0703. The van der Waals surface area contributed by atoms with Gasteiger partial charge in [0.25, 0.3) is 0 Å². The smallest absolute Gasteiger partial charge is 0.207 e. The Hall–Kier alpha value is -1.72. The molecule has 0 spiro atoms. The summed E-state index contributed by atoms with van der Waals surface area (Å²) < 4.78 is 40.3. The molecular weight excluding hydrogens is 289 g/mol. The number of benzene rings is 2. The van der Waals surface area contributed by atoms with Gasteiger partial charge in [0.15, 0.2) is 0 Å². The zero-order valence-corrected chi connectivity index (χ0v) is 12.6. The predicted octanol–water partition coefficient (Wildman–Crippen LogP) is 3.65. The van der Waals surface area contributed by atoms with E-state index in [1.165, 1.54) is 12.1 Å². The lowest BCUT2D eigenvalue weighted by molar-refractivity contribution is 0.536. The molecule has 0 fully saturated rings. The van der Waals surface area contributed by atoms with Gasteiger partial charge in [-0.15, -0.1) is 0 Å². The summed E-state index contributed by atoms with van der Waals surface area (Å²) >= 11 is 0. The van der Waals surface area contributed by atoms with Gasteiger partial charge >= 0.3 is 0 Å². The monoisotopic (exact) mass is 307 g/mol. The summed E-state index contributed by atoms with van der Waals surface area (Å²) in [5.74, 6) is -0.456. The fraction of sp³-hybridized carbons (Fsp3) is 0.250. The third-order valence-corrected chi connectivity index (χ3v) is 4.69. The molecule has 0 unspecified atom stereocenters. The van der Waals surface area contributed by atoms with Crippen molar-refractivity contribution in [3.63, 3.8) is 0 Å². The Morgan fingerprint density at radius 1 is 1.05 bits per heavy atom. The number of hydrogen-bond acceptors (Lipinski definition) is 2. The van der Waals surface area contributed by atoms with Gasteiger partial charge in [-0.1, -0.05) is 43.7 Å². The van der Waals surface area contributed by atoms with Crippen LogP contribution in [-0.2, 0) is 10.0 Å². The van der Waals surface area contributed by atoms with E-state index < -0.39 is 15.8 Å². The van der Waals surface area contributed by atoms with Crippen LogP contribution in [0.1, 0.15) is 31.4 Å². The highest BCUT2D eigenvalue weighted by atomic mass is 32.2. The first-order valence-electron chi connectivity index (χ1n) is 6.86. The first kappa shape index (κ1) is 15.7. The zero-order chi connectivity index (χ0) is 15.3. The minimum Gasteiger partial charge on any atom is -0.207 e. The number of rotatable bonds is 6. The molecule has 112 valence electrons. The molecule has 0 radical (unpaired) electrons. The Kier molecular flexibility index (Phi) is 5.09. The quantitative estimate of drug-likeness (QED) is 0.885. The summed E-state index contributed by atoms with van der Waals surface area (Å²) in [6.45, 7) is 2.00. The van der Waals surface area contributed by atoms with Crippen LogP contribution in [0.3, 0.4) is 0 Å². The topological polar surface area (TPSA) is 46.2 Å². The normalized spacial score (nSPS) is 13.0. The first-order valence-corrected chi connectivity index (χ1v) is 8.34. The molecule has 3 nitrogen and oxygen atoms in total. The fourth-order valence-corrected chi connectivity index (χ4v) is 3.40. The van der Waals surface area contributed by atoms with Gasteiger partial charge in [-0.3, -0.25) is 0 Å². The maximum atomic E-state index is 12.9. The van der Waals surface area contributed by atoms with Crippen LogP contribution >= 0.6 is 0 Å². The van der Waals surface area contributed by atoms with E-state index in [0.717, 1.165) is 24.1 Å². The summed E-state index contributed by atoms with van der Waals surface area (Å²) in [5, 5.41) is 0. The molecule has 0 heterocycles. The third-order valence-electron chi connectivity index (χ3n) is 3.20. The van der Waals surface area contributed by atoms with E-state index in [1.807, 2.05) is 37.3 Å². The Labute approximate surface area is 124 Å². The van der Waals surface area contributed by atoms with Crippen LogP contribution in [0.15, 0.2) is 59.5 Å². The maximum Gasteiger partial charge on any atom is 0.241 e. The van der Waals surface area contributed by atoms with Crippen LogP contribution < -0.4 is 4.72 Å². The molecular formula is C16H18FNO2S. The average Bonchev–Trinajstić information content (AvgIpc) is 2.48. The Morgan fingerprint density at radius 3 is 2.24 bits per heavy atom. The lowest BCUT2D eigenvalue weighted by Gasteiger charge is -2.18. The van der Waals surface area contributed by atoms with E-state index in [-0.39, 0.29) is 10.9 Å². The molecule has 2 aromatic carbocycles. The largest absolute Gasteiger partial charge is 0.241 e. The maximum absolute atomic E-state index is 12.9. The molecule has 21 heavy (non-hydrogen) atoms. The number of hydrogen-bond donors (Lipinski definition) is 1. The minimum absolute atomic E-state index is 0.0703. The van der Waals surface area contributed by atoms with Crippen molar-refractivity contribution in [1.82, 2.24) is 4.72 Å². The van der Waals surface area contributed by atoms with Crippen molar-refractivity contribution in [2.45, 2.75) is 30.7 Å². The van der Waals surface area contributed by atoms with Gasteiger partial charge in [-0.25, -0.2) is 17.5 Å². The SMILES string of the molecule is CCC[C@H](NS(=O)(=O)c1ccc(F)cc1)c1ccccc1. The van der Waals surface area contributed by atoms with Gasteiger partial charge in [0.05, 0.1) is 4.90 Å². The number of sulfonamides is 1. The molecule has 0 bridgehead atoms. The standard InChI is InChI=1S/C16H18FNO2S/c1-2-6-16(13-7-4-3-5-8-13)18-21(19,20)15-11-9-14(17)10-12-15/h3-5,7-12,16,18H,2,6H2,1H3/t16-/m0/s1. The van der Waals surface area contributed by atoms with Crippen LogP contribution in [-0.4, -0.2) is 8.42 Å². The van der Waals surface area contributed by atoms with Crippen LogP contribution in [0.4, 0.5) is 4.39 Å². The number of halogens is 1. The second kappa shape index (κ2) is 6.83. The van der Waals surface area contributed by atoms with Crippen LogP contribution in [0.5, 0.6) is 0 Å². The van der Waals surface area contributed by atoms with Gasteiger partial charge in [-0.05, 0) is 36.2 Å². The lowest BCUT2D eigenvalue weighted by atomic mass is 10.0. The van der Waals surface area contributed by atoms with E-state index in [1.54, 1.807) is 0 Å². The molecule has 0 amide bonds. The molecule has 5 heteroatoms. The van der Waals surface area contributed by atoms with Gasteiger partial charge in [0.1, 0.15) is 5.82 Å². The zero-order valence-electron chi connectivity index (χ0n) is 11.8. The Morgan fingerprint density at radius 2 is 1.67 bits per heavy atom. The summed E-state index contributed by atoms with van der Waals surface area (Å²) in [5.41, 5.74) is 0.921. The molecule has 0 aliphatic rings. The van der Waals surface area contributed by atoms with Crippen molar-refractivity contribution in [3.8, 4) is 0 Å². The van der Waals surface area contributed by atoms with Crippen molar-refractivity contribution in [2.24, 2.45) is 0 Å². The third kappa shape index (κ3) is 4.12. The van der Waals surface area contributed by atoms with E-state index in [9.17, 15) is 12.8 Å². The van der Waals surface area contributed by atoms with Crippen molar-refractivity contribution < 1.29 is 12.8 Å². The summed E-state index contributed by atoms with van der Waals surface area (Å²) in [6.07, 6.45) is 1.55. The molecule has 2 rings (SSSR count). The van der Waals surface area contributed by atoms with Crippen LogP contribution in [0.25, 0.3) is 0 Å². The highest BCUT2D eigenvalue weighted by molar-refractivity contribution is 7.89. The predicted molar refractivity (Wildman–Crippen MR) is 80.8 cm³/mol. The van der Waals surface area contributed by atoms with Crippen LogP contribution in [0.2, 0.25) is 0 Å². The van der Waals surface area contributed by atoms with E-state index in [0.29, 0.717) is 6.42 Å². The highest BCUT2D eigenvalue weighted by Gasteiger charge is 2.20. The highest BCUT2D eigenvalue weighted by Crippen LogP contribution is 2.21. The van der Waals surface area contributed by atoms with E-state index in [2.05, 4.69) is 4.72 Å². The van der Waals surface area contributed by atoms with Crippen molar-refractivity contribution in [3.05, 3.63) is 66.0 Å². The molecule has 0 aliphatic carbocycles.